The Labute approximate surface area is 71.1 Å². The van der Waals surface area contributed by atoms with E-state index in [1.165, 1.54) is 0 Å². The van der Waals surface area contributed by atoms with Crippen molar-refractivity contribution in [3.63, 3.8) is 0 Å². The zero-order valence-electron chi connectivity index (χ0n) is 7.00. The van der Waals surface area contributed by atoms with Crippen LogP contribution in [0.3, 0.4) is 0 Å². The Morgan fingerprint density at radius 1 is 1.33 bits per heavy atom. The third-order valence-electron chi connectivity index (χ3n) is 0.934. The van der Waals surface area contributed by atoms with Crippen LogP contribution in [0.4, 0.5) is 0 Å². The lowest BCUT2D eigenvalue weighted by Gasteiger charge is -2.04. The van der Waals surface area contributed by atoms with Crippen LogP contribution in [-0.4, -0.2) is 24.3 Å². The molecule has 0 saturated carbocycles. The van der Waals surface area contributed by atoms with Crippen LogP contribution in [0.2, 0.25) is 0 Å². The number of ether oxygens (including phenoxy) is 2. The first kappa shape index (κ1) is 10.6. The van der Waals surface area contributed by atoms with Gasteiger partial charge < -0.3 is 14.6 Å². The van der Waals surface area contributed by atoms with Crippen molar-refractivity contribution in [3.05, 3.63) is 24.7 Å². The van der Waals surface area contributed by atoms with E-state index < -0.39 is 5.97 Å². The van der Waals surface area contributed by atoms with Crippen LogP contribution < -0.4 is 0 Å². The second-order valence-electron chi connectivity index (χ2n) is 2.16. The predicted octanol–water partition coefficient (Wildman–Crippen LogP) is 1.15. The first-order valence-corrected chi connectivity index (χ1v) is 3.37. The largest absolute Gasteiger partial charge is 0.481 e. The monoisotopic (exact) mass is 172 g/mol. The third kappa shape index (κ3) is 5.34. The number of aliphatic hydroxyl groups excluding tert-OH is 1. The van der Waals surface area contributed by atoms with Crippen LogP contribution in [0.1, 0.15) is 6.92 Å². The molecular weight excluding hydrogens is 160 g/mol. The van der Waals surface area contributed by atoms with Gasteiger partial charge in [0, 0.05) is 5.57 Å². The minimum Gasteiger partial charge on any atom is -0.481 e. The minimum atomic E-state index is -0.470. The van der Waals surface area contributed by atoms with Crippen LogP contribution >= 0.6 is 0 Å². The standard InChI is InChI=1S/C8H12O4/c1-6(2)8(10)12-5-4-11-7(3)9/h9H,1,3-5H2,2H3. The highest BCUT2D eigenvalue weighted by atomic mass is 16.6. The molecule has 1 N–H and O–H groups in total. The average molecular weight is 172 g/mol. The van der Waals surface area contributed by atoms with Gasteiger partial charge in [0.05, 0.1) is 0 Å². The maximum Gasteiger partial charge on any atom is 0.333 e. The molecule has 0 spiro atoms. The van der Waals surface area contributed by atoms with Gasteiger partial charge in [0.2, 0.25) is 0 Å². The van der Waals surface area contributed by atoms with Gasteiger partial charge in [-0.3, -0.25) is 0 Å². The molecule has 0 radical (unpaired) electrons. The van der Waals surface area contributed by atoms with E-state index in [1.807, 2.05) is 0 Å². The summed E-state index contributed by atoms with van der Waals surface area (Å²) < 4.78 is 9.16. The van der Waals surface area contributed by atoms with E-state index in [4.69, 9.17) is 5.11 Å². The van der Waals surface area contributed by atoms with Crippen molar-refractivity contribution in [3.8, 4) is 0 Å². The fraction of sp³-hybridized carbons (Fsp3) is 0.375. The molecule has 0 unspecified atom stereocenters. The van der Waals surface area contributed by atoms with Crippen molar-refractivity contribution in [2.75, 3.05) is 13.2 Å². The predicted molar refractivity (Wildman–Crippen MR) is 43.5 cm³/mol. The fourth-order valence-corrected chi connectivity index (χ4v) is 0.417. The maximum absolute atomic E-state index is 10.7. The summed E-state index contributed by atoms with van der Waals surface area (Å²) in [5.41, 5.74) is 0.331. The highest BCUT2D eigenvalue weighted by Crippen LogP contribution is 1.92. The summed E-state index contributed by atoms with van der Waals surface area (Å²) in [5.74, 6) is -0.858. The summed E-state index contributed by atoms with van der Waals surface area (Å²) in [5, 5.41) is 8.45. The lowest BCUT2D eigenvalue weighted by Crippen LogP contribution is -2.10. The van der Waals surface area contributed by atoms with Crippen molar-refractivity contribution in [2.45, 2.75) is 6.92 Å². The lowest BCUT2D eigenvalue weighted by atomic mass is 10.4. The number of aliphatic hydroxyl groups is 1. The van der Waals surface area contributed by atoms with E-state index in [0.717, 1.165) is 0 Å². The Morgan fingerprint density at radius 3 is 2.25 bits per heavy atom. The van der Waals surface area contributed by atoms with E-state index in [2.05, 4.69) is 22.6 Å². The topological polar surface area (TPSA) is 55.8 Å². The van der Waals surface area contributed by atoms with Gasteiger partial charge in [0.25, 0.3) is 5.95 Å². The third-order valence-corrected chi connectivity index (χ3v) is 0.934. The second-order valence-corrected chi connectivity index (χ2v) is 2.16. The van der Waals surface area contributed by atoms with Crippen molar-refractivity contribution < 1.29 is 19.4 Å². The van der Waals surface area contributed by atoms with Gasteiger partial charge in [0.15, 0.2) is 0 Å². The van der Waals surface area contributed by atoms with E-state index in [9.17, 15) is 4.79 Å². The summed E-state index contributed by atoms with van der Waals surface area (Å²) in [7, 11) is 0. The van der Waals surface area contributed by atoms with Crippen molar-refractivity contribution in [1.82, 2.24) is 0 Å². The van der Waals surface area contributed by atoms with E-state index in [0.29, 0.717) is 5.57 Å². The maximum atomic E-state index is 10.7. The number of carbonyl (C=O) groups excluding carboxylic acids is 1. The zero-order valence-corrected chi connectivity index (χ0v) is 7.00. The molecule has 0 aromatic rings. The molecule has 0 aromatic carbocycles. The van der Waals surface area contributed by atoms with E-state index in [1.54, 1.807) is 6.92 Å². The van der Waals surface area contributed by atoms with Gasteiger partial charge in [-0.1, -0.05) is 6.58 Å². The molecule has 4 nitrogen and oxygen atoms in total. The summed E-state index contributed by atoms with van der Waals surface area (Å²) >= 11 is 0. The van der Waals surface area contributed by atoms with Crippen LogP contribution in [0.25, 0.3) is 0 Å². The summed E-state index contributed by atoms with van der Waals surface area (Å²) in [4.78, 5) is 10.7. The van der Waals surface area contributed by atoms with Crippen LogP contribution in [0, 0.1) is 0 Å². The molecule has 0 bridgehead atoms. The molecule has 0 atom stereocenters. The normalized spacial score (nSPS) is 8.75. The first-order chi connectivity index (χ1) is 5.54. The molecule has 68 valence electrons. The van der Waals surface area contributed by atoms with Gasteiger partial charge in [-0.25, -0.2) is 4.79 Å². The molecule has 0 aliphatic heterocycles. The second kappa shape index (κ2) is 5.23. The quantitative estimate of drug-likeness (QED) is 0.292. The Kier molecular flexibility index (Phi) is 4.60. The molecule has 0 aliphatic rings. The van der Waals surface area contributed by atoms with Crippen LogP contribution in [0.15, 0.2) is 24.7 Å². The summed E-state index contributed by atoms with van der Waals surface area (Å²) in [6, 6.07) is 0. The molecule has 0 saturated heterocycles. The van der Waals surface area contributed by atoms with Crippen LogP contribution in [0.5, 0.6) is 0 Å². The number of rotatable bonds is 5. The average Bonchev–Trinajstić information content (AvgIpc) is 1.97. The minimum absolute atomic E-state index is 0.0747. The zero-order chi connectivity index (χ0) is 9.56. The number of carbonyl (C=O) groups is 1. The Bertz CT molecular complexity index is 195. The molecule has 0 aliphatic carbocycles. The van der Waals surface area contributed by atoms with Crippen LogP contribution in [-0.2, 0) is 14.3 Å². The Balaban J connectivity index is 3.38. The van der Waals surface area contributed by atoms with Crippen molar-refractivity contribution in [1.29, 1.82) is 0 Å². The van der Waals surface area contributed by atoms with Gasteiger partial charge in [-0.15, -0.1) is 0 Å². The molecule has 0 amide bonds. The Morgan fingerprint density at radius 2 is 1.83 bits per heavy atom. The number of esters is 1. The Hall–Kier alpha value is -1.45. The molecule has 12 heavy (non-hydrogen) atoms. The summed E-state index contributed by atoms with van der Waals surface area (Å²) in [6.45, 7) is 8.18. The SMILES string of the molecule is C=C(O)OCCOC(=O)C(=C)C. The highest BCUT2D eigenvalue weighted by Gasteiger charge is 2.01. The number of hydrogen-bond donors (Lipinski definition) is 1. The molecular formula is C8H12O4. The molecule has 0 fully saturated rings. The van der Waals surface area contributed by atoms with E-state index >= 15 is 0 Å². The summed E-state index contributed by atoms with van der Waals surface area (Å²) in [6.07, 6.45) is 0. The van der Waals surface area contributed by atoms with Gasteiger partial charge >= 0.3 is 5.97 Å². The molecule has 4 heteroatoms. The van der Waals surface area contributed by atoms with Gasteiger partial charge in [0.1, 0.15) is 13.2 Å². The highest BCUT2D eigenvalue weighted by molar-refractivity contribution is 5.86. The van der Waals surface area contributed by atoms with Crippen molar-refractivity contribution in [2.24, 2.45) is 0 Å². The molecule has 0 heterocycles. The van der Waals surface area contributed by atoms with Crippen molar-refractivity contribution >= 4 is 5.97 Å². The molecule has 0 rings (SSSR count). The van der Waals surface area contributed by atoms with Gasteiger partial charge in [-0.05, 0) is 13.5 Å². The van der Waals surface area contributed by atoms with E-state index in [-0.39, 0.29) is 19.2 Å². The number of hydrogen-bond acceptors (Lipinski definition) is 4. The first-order valence-electron chi connectivity index (χ1n) is 3.37. The lowest BCUT2D eigenvalue weighted by molar-refractivity contribution is -0.140. The molecule has 0 aromatic heterocycles. The smallest absolute Gasteiger partial charge is 0.333 e. The fourth-order valence-electron chi connectivity index (χ4n) is 0.417. The van der Waals surface area contributed by atoms with Gasteiger partial charge in [-0.2, -0.15) is 0 Å².